The molecule has 3 rings (SSSR count). The molecule has 0 bridgehead atoms. The van der Waals surface area contributed by atoms with Gasteiger partial charge in [-0.15, -0.1) is 0 Å². The van der Waals surface area contributed by atoms with Crippen molar-refractivity contribution >= 4 is 16.6 Å². The number of benzene rings is 1. The van der Waals surface area contributed by atoms with E-state index in [4.69, 9.17) is 0 Å². The third kappa shape index (κ3) is 2.49. The van der Waals surface area contributed by atoms with Gasteiger partial charge < -0.3 is 15.6 Å². The fraction of sp³-hybridized carbons (Fsp3) is 0.400. The van der Waals surface area contributed by atoms with Crippen LogP contribution in [0, 0.1) is 0 Å². The lowest BCUT2D eigenvalue weighted by Crippen LogP contribution is -2.46. The number of hydrogen-bond acceptors (Lipinski definition) is 3. The number of fused-ring (bicyclic) bond motifs is 1. The molecule has 0 spiro atoms. The highest BCUT2D eigenvalue weighted by Crippen LogP contribution is 2.17. The lowest BCUT2D eigenvalue weighted by Gasteiger charge is -2.31. The average molecular weight is 257 g/mol. The van der Waals surface area contributed by atoms with Crippen molar-refractivity contribution in [2.75, 3.05) is 11.9 Å². The largest absolute Gasteiger partial charge is 0.367 e. The molecule has 2 heterocycles. The van der Waals surface area contributed by atoms with E-state index in [-0.39, 0.29) is 5.56 Å². The van der Waals surface area contributed by atoms with Crippen LogP contribution < -0.4 is 16.2 Å². The molecule has 2 unspecified atom stereocenters. The fourth-order valence-electron chi connectivity index (χ4n) is 2.73. The smallest absolute Gasteiger partial charge is 0.257 e. The lowest BCUT2D eigenvalue weighted by atomic mass is 10.00. The Morgan fingerprint density at radius 3 is 3.00 bits per heavy atom. The number of anilines is 1. The maximum atomic E-state index is 12.0. The van der Waals surface area contributed by atoms with Crippen molar-refractivity contribution in [2.24, 2.45) is 0 Å². The Morgan fingerprint density at radius 2 is 2.16 bits per heavy atom. The Bertz CT molecular complexity index is 635. The number of pyridine rings is 1. The SMILES string of the molecule is CC1NCCCC1Nc1cc2ccccc2c(=O)[nH]1. The molecule has 2 aromatic rings. The van der Waals surface area contributed by atoms with Crippen molar-refractivity contribution < 1.29 is 0 Å². The normalized spacial score (nSPS) is 23.4. The van der Waals surface area contributed by atoms with Crippen molar-refractivity contribution in [1.29, 1.82) is 0 Å². The van der Waals surface area contributed by atoms with Crippen LogP contribution in [-0.4, -0.2) is 23.6 Å². The van der Waals surface area contributed by atoms with Crippen molar-refractivity contribution in [2.45, 2.75) is 31.8 Å². The number of hydrogen-bond donors (Lipinski definition) is 3. The molecule has 4 nitrogen and oxygen atoms in total. The summed E-state index contributed by atoms with van der Waals surface area (Å²) in [6.07, 6.45) is 2.29. The molecule has 0 radical (unpaired) electrons. The molecule has 1 aliphatic rings. The zero-order valence-corrected chi connectivity index (χ0v) is 11.1. The summed E-state index contributed by atoms with van der Waals surface area (Å²) in [7, 11) is 0. The minimum atomic E-state index is -0.0305. The highest BCUT2D eigenvalue weighted by Gasteiger charge is 2.20. The summed E-state index contributed by atoms with van der Waals surface area (Å²) in [6, 6.07) is 10.5. The van der Waals surface area contributed by atoms with E-state index >= 15 is 0 Å². The summed E-state index contributed by atoms with van der Waals surface area (Å²) in [5, 5.41) is 8.61. The Morgan fingerprint density at radius 1 is 1.32 bits per heavy atom. The molecule has 0 aliphatic carbocycles. The van der Waals surface area contributed by atoms with Crippen molar-refractivity contribution in [1.82, 2.24) is 10.3 Å². The highest BCUT2D eigenvalue weighted by atomic mass is 16.1. The van der Waals surface area contributed by atoms with Gasteiger partial charge >= 0.3 is 0 Å². The second-order valence-electron chi connectivity index (χ2n) is 5.24. The summed E-state index contributed by atoms with van der Waals surface area (Å²) in [5.41, 5.74) is -0.0305. The van der Waals surface area contributed by atoms with Crippen LogP contribution in [0.15, 0.2) is 35.1 Å². The number of aromatic amines is 1. The molecular weight excluding hydrogens is 238 g/mol. The molecule has 2 atom stereocenters. The van der Waals surface area contributed by atoms with E-state index in [1.54, 1.807) is 0 Å². The zero-order valence-electron chi connectivity index (χ0n) is 11.1. The number of aromatic nitrogens is 1. The number of H-pyrrole nitrogens is 1. The second-order valence-corrected chi connectivity index (χ2v) is 5.24. The number of rotatable bonds is 2. The maximum absolute atomic E-state index is 12.0. The molecule has 1 aromatic heterocycles. The monoisotopic (exact) mass is 257 g/mol. The Kier molecular flexibility index (Phi) is 3.25. The molecule has 100 valence electrons. The van der Waals surface area contributed by atoms with Gasteiger partial charge in [-0.2, -0.15) is 0 Å². The van der Waals surface area contributed by atoms with Gasteiger partial charge in [0, 0.05) is 17.5 Å². The minimum absolute atomic E-state index is 0.0305. The van der Waals surface area contributed by atoms with Gasteiger partial charge in [0.05, 0.1) is 0 Å². The Labute approximate surface area is 112 Å². The lowest BCUT2D eigenvalue weighted by molar-refractivity contribution is 0.389. The summed E-state index contributed by atoms with van der Waals surface area (Å²) in [4.78, 5) is 14.9. The molecule has 1 aliphatic heterocycles. The van der Waals surface area contributed by atoms with E-state index in [1.807, 2.05) is 30.3 Å². The van der Waals surface area contributed by atoms with Crippen molar-refractivity contribution in [3.8, 4) is 0 Å². The van der Waals surface area contributed by atoms with Gasteiger partial charge in [-0.1, -0.05) is 18.2 Å². The molecule has 4 heteroatoms. The number of nitrogens with one attached hydrogen (secondary N) is 3. The maximum Gasteiger partial charge on any atom is 0.257 e. The van der Waals surface area contributed by atoms with Crippen LogP contribution in [0.4, 0.5) is 5.82 Å². The zero-order chi connectivity index (χ0) is 13.2. The van der Waals surface area contributed by atoms with Crippen LogP contribution in [-0.2, 0) is 0 Å². The number of piperidine rings is 1. The van der Waals surface area contributed by atoms with Crippen LogP contribution in [0.5, 0.6) is 0 Å². The molecule has 0 saturated carbocycles. The van der Waals surface area contributed by atoms with Gasteiger partial charge in [-0.3, -0.25) is 4.79 Å². The predicted octanol–water partition coefficient (Wildman–Crippen LogP) is 2.08. The molecular formula is C15H19N3O. The van der Waals surface area contributed by atoms with Gasteiger partial charge in [0.1, 0.15) is 5.82 Å². The predicted molar refractivity (Wildman–Crippen MR) is 78.7 cm³/mol. The summed E-state index contributed by atoms with van der Waals surface area (Å²) >= 11 is 0. The van der Waals surface area contributed by atoms with Crippen molar-refractivity contribution in [3.05, 3.63) is 40.7 Å². The fourth-order valence-corrected chi connectivity index (χ4v) is 2.73. The molecule has 1 saturated heterocycles. The average Bonchev–Trinajstić information content (AvgIpc) is 2.42. The van der Waals surface area contributed by atoms with Gasteiger partial charge in [0.15, 0.2) is 0 Å². The van der Waals surface area contributed by atoms with Crippen molar-refractivity contribution in [3.63, 3.8) is 0 Å². The first-order chi connectivity index (χ1) is 9.24. The highest BCUT2D eigenvalue weighted by molar-refractivity contribution is 5.83. The second kappa shape index (κ2) is 5.05. The molecule has 3 N–H and O–H groups in total. The third-order valence-corrected chi connectivity index (χ3v) is 3.86. The van der Waals surface area contributed by atoms with E-state index in [2.05, 4.69) is 22.5 Å². The van der Waals surface area contributed by atoms with E-state index in [0.717, 1.165) is 29.6 Å². The van der Waals surface area contributed by atoms with Crippen LogP contribution in [0.2, 0.25) is 0 Å². The first kappa shape index (κ1) is 12.2. The topological polar surface area (TPSA) is 56.9 Å². The first-order valence-corrected chi connectivity index (χ1v) is 6.86. The van der Waals surface area contributed by atoms with Gasteiger partial charge in [0.25, 0.3) is 5.56 Å². The van der Waals surface area contributed by atoms with Crippen LogP contribution >= 0.6 is 0 Å². The molecule has 1 aromatic carbocycles. The van der Waals surface area contributed by atoms with Gasteiger partial charge in [-0.25, -0.2) is 0 Å². The van der Waals surface area contributed by atoms with Gasteiger partial charge in [-0.05, 0) is 43.8 Å². The van der Waals surface area contributed by atoms with E-state index in [9.17, 15) is 4.79 Å². The third-order valence-electron chi connectivity index (χ3n) is 3.86. The Hall–Kier alpha value is -1.81. The van der Waals surface area contributed by atoms with E-state index < -0.39 is 0 Å². The van der Waals surface area contributed by atoms with E-state index in [1.165, 1.54) is 6.42 Å². The Balaban J connectivity index is 1.91. The molecule has 1 fully saturated rings. The first-order valence-electron chi connectivity index (χ1n) is 6.86. The molecule has 19 heavy (non-hydrogen) atoms. The summed E-state index contributed by atoms with van der Waals surface area (Å²) in [5.74, 6) is 0.809. The van der Waals surface area contributed by atoms with E-state index in [0.29, 0.717) is 12.1 Å². The standard InChI is InChI=1S/C15H19N3O/c1-10-13(7-4-8-16-10)17-14-9-11-5-2-3-6-12(11)15(19)18-14/h2-3,5-6,9-10,13,16H,4,7-8H2,1H3,(H2,17,18,19). The van der Waals surface area contributed by atoms with Crippen LogP contribution in [0.25, 0.3) is 10.8 Å². The van der Waals surface area contributed by atoms with Crippen LogP contribution in [0.3, 0.4) is 0 Å². The van der Waals surface area contributed by atoms with Crippen LogP contribution in [0.1, 0.15) is 19.8 Å². The summed E-state index contributed by atoms with van der Waals surface area (Å²) < 4.78 is 0. The quantitative estimate of drug-likeness (QED) is 0.772. The molecule has 0 amide bonds. The minimum Gasteiger partial charge on any atom is -0.367 e. The summed E-state index contributed by atoms with van der Waals surface area (Å²) in [6.45, 7) is 3.25. The van der Waals surface area contributed by atoms with Gasteiger partial charge in [0.2, 0.25) is 0 Å².